The molecule has 1 rings (SSSR count). The Kier molecular flexibility index (Phi) is 1.33. The maximum absolute atomic E-state index is 10.5. The van der Waals surface area contributed by atoms with Crippen molar-refractivity contribution in [3.8, 4) is 6.19 Å². The van der Waals surface area contributed by atoms with Crippen LogP contribution in [0, 0.1) is 11.5 Å². The first kappa shape index (κ1) is 6.22. The van der Waals surface area contributed by atoms with Gasteiger partial charge >= 0.3 is 11.4 Å². The van der Waals surface area contributed by atoms with Crippen molar-refractivity contribution in [3.05, 3.63) is 27.3 Å². The molecule has 1 aromatic heterocycles. The van der Waals surface area contributed by atoms with Crippen LogP contribution < -0.4 is 11.4 Å². The highest BCUT2D eigenvalue weighted by atomic mass is 16.2. The summed E-state index contributed by atoms with van der Waals surface area (Å²) >= 11 is 0. The first-order valence-electron chi connectivity index (χ1n) is 2.32. The summed E-state index contributed by atoms with van der Waals surface area (Å²) in [7, 11) is 0. The van der Waals surface area contributed by atoms with Gasteiger partial charge < -0.3 is 0 Å². The molecule has 6 heteroatoms. The van der Waals surface area contributed by atoms with Gasteiger partial charge in [-0.2, -0.15) is 14.8 Å². The summed E-state index contributed by atoms with van der Waals surface area (Å²) < 4.78 is 0.612. The number of aromatic amines is 1. The molecule has 6 nitrogen and oxygen atoms in total. The highest BCUT2D eigenvalue weighted by Gasteiger charge is 1.91. The average Bonchev–Trinajstić information content (AvgIpc) is 1.88. The van der Waals surface area contributed by atoms with Crippen molar-refractivity contribution in [2.45, 2.75) is 0 Å². The SMILES string of the molecule is N#Cn1cnc(=O)[nH]c1=O. The first-order chi connectivity index (χ1) is 4.74. The summed E-state index contributed by atoms with van der Waals surface area (Å²) in [4.78, 5) is 25.7. The van der Waals surface area contributed by atoms with Crippen LogP contribution >= 0.6 is 0 Å². The Morgan fingerprint density at radius 3 is 2.90 bits per heavy atom. The molecule has 0 aliphatic carbocycles. The molecule has 0 bridgehead atoms. The number of nitrogens with one attached hydrogen (secondary N) is 1. The predicted octanol–water partition coefficient (Wildman–Crippen LogP) is -1.74. The van der Waals surface area contributed by atoms with Gasteiger partial charge in [-0.15, -0.1) is 0 Å². The van der Waals surface area contributed by atoms with Crippen molar-refractivity contribution in [3.63, 3.8) is 0 Å². The summed E-state index contributed by atoms with van der Waals surface area (Å²) in [5, 5.41) is 8.16. The lowest BCUT2D eigenvalue weighted by atomic mass is 10.9. The number of hydrogen-bond donors (Lipinski definition) is 1. The molecule has 0 radical (unpaired) electrons. The number of aromatic nitrogens is 3. The molecule has 0 amide bonds. The standard InChI is InChI=1S/C4H2N4O2/c5-1-8-2-6-3(9)7-4(8)10/h2H,(H,7,9,10). The van der Waals surface area contributed by atoms with E-state index in [4.69, 9.17) is 5.26 Å². The minimum absolute atomic E-state index is 0.612. The lowest BCUT2D eigenvalue weighted by Crippen LogP contribution is -2.29. The normalized spacial score (nSPS) is 8.70. The predicted molar refractivity (Wildman–Crippen MR) is 30.1 cm³/mol. The van der Waals surface area contributed by atoms with E-state index in [1.807, 2.05) is 4.98 Å². The lowest BCUT2D eigenvalue weighted by molar-refractivity contribution is 0.840. The molecule has 0 aliphatic rings. The van der Waals surface area contributed by atoms with Crippen molar-refractivity contribution < 1.29 is 0 Å². The van der Waals surface area contributed by atoms with Crippen LogP contribution in [0.1, 0.15) is 0 Å². The Labute approximate surface area is 54.4 Å². The van der Waals surface area contributed by atoms with E-state index in [0.29, 0.717) is 4.57 Å². The summed E-state index contributed by atoms with van der Waals surface area (Å²) in [6.07, 6.45) is 2.36. The largest absolute Gasteiger partial charge is 0.350 e. The van der Waals surface area contributed by atoms with Gasteiger partial charge in [0.25, 0.3) is 0 Å². The van der Waals surface area contributed by atoms with Gasteiger partial charge in [-0.25, -0.2) is 9.59 Å². The van der Waals surface area contributed by atoms with Crippen LogP contribution in [-0.4, -0.2) is 14.5 Å². The van der Waals surface area contributed by atoms with Crippen molar-refractivity contribution in [1.29, 1.82) is 5.26 Å². The van der Waals surface area contributed by atoms with Crippen LogP contribution in [-0.2, 0) is 0 Å². The Morgan fingerprint density at radius 1 is 1.70 bits per heavy atom. The number of nitriles is 1. The van der Waals surface area contributed by atoms with Gasteiger partial charge in [-0.3, -0.25) is 4.98 Å². The van der Waals surface area contributed by atoms with E-state index in [9.17, 15) is 9.59 Å². The molecule has 0 fully saturated rings. The molecule has 1 heterocycles. The topological polar surface area (TPSA) is 91.5 Å². The maximum Gasteiger partial charge on any atom is 0.350 e. The first-order valence-corrected chi connectivity index (χ1v) is 2.32. The second-order valence-electron chi connectivity index (χ2n) is 1.45. The minimum Gasteiger partial charge on any atom is -0.256 e. The van der Waals surface area contributed by atoms with Crippen LogP contribution in [0.15, 0.2) is 15.9 Å². The van der Waals surface area contributed by atoms with E-state index in [0.717, 1.165) is 6.33 Å². The molecule has 10 heavy (non-hydrogen) atoms. The highest BCUT2D eigenvalue weighted by molar-refractivity contribution is 4.80. The molecule has 1 N–H and O–H groups in total. The molecule has 0 aliphatic heterocycles. The van der Waals surface area contributed by atoms with E-state index < -0.39 is 11.4 Å². The monoisotopic (exact) mass is 138 g/mol. The fourth-order valence-corrected chi connectivity index (χ4v) is 0.418. The third-order valence-electron chi connectivity index (χ3n) is 0.831. The van der Waals surface area contributed by atoms with Crippen LogP contribution in [0.3, 0.4) is 0 Å². The zero-order chi connectivity index (χ0) is 7.56. The molecule has 0 unspecified atom stereocenters. The van der Waals surface area contributed by atoms with Gasteiger partial charge in [0, 0.05) is 0 Å². The highest BCUT2D eigenvalue weighted by Crippen LogP contribution is 1.59. The van der Waals surface area contributed by atoms with Crippen molar-refractivity contribution in [2.24, 2.45) is 0 Å². The lowest BCUT2D eigenvalue weighted by Gasteiger charge is -1.85. The zero-order valence-electron chi connectivity index (χ0n) is 4.74. The zero-order valence-corrected chi connectivity index (χ0v) is 4.74. The molecular weight excluding hydrogens is 136 g/mol. The number of rotatable bonds is 0. The maximum atomic E-state index is 10.5. The van der Waals surface area contributed by atoms with Gasteiger partial charge in [-0.05, 0) is 0 Å². The number of nitrogens with zero attached hydrogens (tertiary/aromatic N) is 3. The Balaban J connectivity index is 3.53. The van der Waals surface area contributed by atoms with Crippen LogP contribution in [0.2, 0.25) is 0 Å². The van der Waals surface area contributed by atoms with Crippen molar-refractivity contribution in [2.75, 3.05) is 0 Å². The Hall–Kier alpha value is -1.90. The quantitative estimate of drug-likeness (QED) is 0.460. The molecule has 0 atom stereocenters. The fraction of sp³-hybridized carbons (Fsp3) is 0. The van der Waals surface area contributed by atoms with E-state index in [2.05, 4.69) is 4.98 Å². The molecule has 0 aromatic carbocycles. The molecule has 0 saturated carbocycles. The van der Waals surface area contributed by atoms with E-state index in [1.165, 1.54) is 6.19 Å². The van der Waals surface area contributed by atoms with E-state index in [-0.39, 0.29) is 0 Å². The Bertz CT molecular complexity index is 381. The van der Waals surface area contributed by atoms with Crippen LogP contribution in [0.4, 0.5) is 0 Å². The fourth-order valence-electron chi connectivity index (χ4n) is 0.418. The van der Waals surface area contributed by atoms with Gasteiger partial charge in [0.15, 0.2) is 6.19 Å². The summed E-state index contributed by atoms with van der Waals surface area (Å²) in [5.74, 6) is 0. The van der Waals surface area contributed by atoms with Crippen LogP contribution in [0.25, 0.3) is 0 Å². The molecule has 0 saturated heterocycles. The van der Waals surface area contributed by atoms with E-state index in [1.54, 1.807) is 0 Å². The van der Waals surface area contributed by atoms with Gasteiger partial charge in [-0.1, -0.05) is 0 Å². The Morgan fingerprint density at radius 2 is 2.40 bits per heavy atom. The van der Waals surface area contributed by atoms with E-state index >= 15 is 0 Å². The summed E-state index contributed by atoms with van der Waals surface area (Å²) in [6.45, 7) is 0. The summed E-state index contributed by atoms with van der Waals surface area (Å²) in [5.41, 5.74) is -1.53. The van der Waals surface area contributed by atoms with Crippen LogP contribution in [0.5, 0.6) is 0 Å². The van der Waals surface area contributed by atoms with Gasteiger partial charge in [0.05, 0.1) is 0 Å². The number of H-pyrrole nitrogens is 1. The summed E-state index contributed by atoms with van der Waals surface area (Å²) in [6, 6.07) is 0. The molecular formula is C4H2N4O2. The minimum atomic E-state index is -0.775. The van der Waals surface area contributed by atoms with Gasteiger partial charge in [0.1, 0.15) is 6.33 Å². The molecule has 1 aromatic rings. The third kappa shape index (κ3) is 0.925. The number of hydrogen-bond acceptors (Lipinski definition) is 4. The average molecular weight is 138 g/mol. The smallest absolute Gasteiger partial charge is 0.256 e. The molecule has 0 spiro atoms. The third-order valence-corrected chi connectivity index (χ3v) is 0.831. The van der Waals surface area contributed by atoms with Gasteiger partial charge in [0.2, 0.25) is 0 Å². The molecule has 50 valence electrons. The van der Waals surface area contributed by atoms with Crippen molar-refractivity contribution >= 4 is 0 Å². The second kappa shape index (κ2) is 2.14. The van der Waals surface area contributed by atoms with Crippen molar-refractivity contribution in [1.82, 2.24) is 14.5 Å². The second-order valence-corrected chi connectivity index (χ2v) is 1.45.